The van der Waals surface area contributed by atoms with E-state index in [0.717, 1.165) is 18.1 Å². The second-order valence-electron chi connectivity index (χ2n) is 7.65. The van der Waals surface area contributed by atoms with E-state index in [1.807, 2.05) is 13.0 Å². The first-order valence-electron chi connectivity index (χ1n) is 10.1. The van der Waals surface area contributed by atoms with Crippen LogP contribution in [0.5, 0.6) is 0 Å². The van der Waals surface area contributed by atoms with Crippen molar-refractivity contribution in [2.75, 3.05) is 39.4 Å². The first-order valence-corrected chi connectivity index (χ1v) is 11.3. The molecule has 164 valence electrons. The Kier molecular flexibility index (Phi) is 6.43. The van der Waals surface area contributed by atoms with E-state index in [-0.39, 0.29) is 11.4 Å². The Bertz CT molecular complexity index is 1050. The van der Waals surface area contributed by atoms with Crippen LogP contribution in [-0.2, 0) is 9.53 Å². The van der Waals surface area contributed by atoms with E-state index in [9.17, 15) is 14.7 Å². The van der Waals surface area contributed by atoms with Crippen molar-refractivity contribution in [3.8, 4) is 0 Å². The van der Waals surface area contributed by atoms with Crippen LogP contribution < -0.4 is 0 Å². The largest absolute Gasteiger partial charge is 0.503 e. The topological polar surface area (TPSA) is 83.0 Å². The van der Waals surface area contributed by atoms with Crippen molar-refractivity contribution in [3.63, 3.8) is 0 Å². The van der Waals surface area contributed by atoms with Crippen LogP contribution in [0.2, 0.25) is 5.02 Å². The van der Waals surface area contributed by atoms with Gasteiger partial charge in [-0.3, -0.25) is 14.5 Å². The number of hydrogen-bond acceptors (Lipinski definition) is 7. The number of Topliss-reactive ketones (excluding diaryl/α,β-unsaturated/α-hetero) is 1. The van der Waals surface area contributed by atoms with Gasteiger partial charge in [0.25, 0.3) is 5.91 Å². The van der Waals surface area contributed by atoms with Crippen molar-refractivity contribution in [1.29, 1.82) is 0 Å². The fourth-order valence-corrected chi connectivity index (χ4v) is 5.15. The average Bonchev–Trinajstić information content (AvgIpc) is 3.22. The highest BCUT2D eigenvalue weighted by atomic mass is 35.5. The van der Waals surface area contributed by atoms with Gasteiger partial charge in [-0.15, -0.1) is 11.3 Å². The molecule has 1 aromatic carbocycles. The number of amides is 1. The predicted octanol–water partition coefficient (Wildman–Crippen LogP) is 3.32. The van der Waals surface area contributed by atoms with Crippen molar-refractivity contribution in [1.82, 2.24) is 14.8 Å². The number of halogens is 1. The molecular weight excluding hydrogens is 438 g/mol. The third kappa shape index (κ3) is 4.39. The SMILES string of the molecule is Cc1nc(C)c(C(=O)C2=C(O)C(=O)N(CCN3CCOCC3)[C@H]2c2cccc(Cl)c2)s1. The molecule has 0 saturated carbocycles. The summed E-state index contributed by atoms with van der Waals surface area (Å²) in [6.07, 6.45) is 0. The molecule has 1 N–H and O–H groups in total. The molecule has 0 spiro atoms. The number of ether oxygens (including phenoxy) is 1. The summed E-state index contributed by atoms with van der Waals surface area (Å²) in [6.45, 7) is 7.47. The molecular formula is C22H24ClN3O4S. The second kappa shape index (κ2) is 9.08. The maximum atomic E-state index is 13.5. The van der Waals surface area contributed by atoms with Crippen LogP contribution in [0, 0.1) is 13.8 Å². The minimum Gasteiger partial charge on any atom is -0.503 e. The molecule has 0 radical (unpaired) electrons. The quantitative estimate of drug-likeness (QED) is 0.664. The summed E-state index contributed by atoms with van der Waals surface area (Å²) in [5, 5.41) is 12.0. The van der Waals surface area contributed by atoms with Crippen LogP contribution in [0.1, 0.15) is 32.0 Å². The van der Waals surface area contributed by atoms with Gasteiger partial charge in [0.15, 0.2) is 5.76 Å². The standard InChI is InChI=1S/C22H24ClN3O4S/c1-13-21(31-14(2)24-13)19(27)17-18(15-4-3-5-16(23)12-15)26(22(29)20(17)28)7-6-25-8-10-30-11-9-25/h3-5,12,18,28H,6-11H2,1-2H3/t18-/m0/s1. The zero-order chi connectivity index (χ0) is 22.1. The van der Waals surface area contributed by atoms with Gasteiger partial charge in [0.2, 0.25) is 5.78 Å². The molecule has 0 bridgehead atoms. The molecule has 31 heavy (non-hydrogen) atoms. The van der Waals surface area contributed by atoms with Crippen molar-refractivity contribution < 1.29 is 19.4 Å². The molecule has 1 amide bonds. The van der Waals surface area contributed by atoms with Gasteiger partial charge in [-0.05, 0) is 31.5 Å². The first kappa shape index (κ1) is 22.0. The Balaban J connectivity index is 1.70. The fourth-order valence-electron chi connectivity index (χ4n) is 4.08. The van der Waals surface area contributed by atoms with E-state index in [2.05, 4.69) is 9.88 Å². The highest BCUT2D eigenvalue weighted by Gasteiger charge is 2.44. The number of nitrogens with zero attached hydrogens (tertiary/aromatic N) is 3. The van der Waals surface area contributed by atoms with Gasteiger partial charge < -0.3 is 14.7 Å². The number of benzene rings is 1. The summed E-state index contributed by atoms with van der Waals surface area (Å²) < 4.78 is 5.39. The molecule has 9 heteroatoms. The number of aliphatic hydroxyl groups excluding tert-OH is 1. The zero-order valence-electron chi connectivity index (χ0n) is 17.4. The summed E-state index contributed by atoms with van der Waals surface area (Å²) in [4.78, 5) is 35.1. The molecule has 0 aliphatic carbocycles. The normalized spacial score (nSPS) is 20.0. The van der Waals surface area contributed by atoms with Crippen molar-refractivity contribution in [3.05, 3.63) is 61.8 Å². The number of hydrogen-bond donors (Lipinski definition) is 1. The Hall–Kier alpha value is -2.26. The Labute approximate surface area is 189 Å². The number of aromatic nitrogens is 1. The van der Waals surface area contributed by atoms with E-state index < -0.39 is 17.7 Å². The summed E-state index contributed by atoms with van der Waals surface area (Å²) in [5.41, 5.74) is 1.37. The number of ketones is 1. The van der Waals surface area contributed by atoms with Crippen molar-refractivity contribution >= 4 is 34.6 Å². The highest BCUT2D eigenvalue weighted by molar-refractivity contribution is 7.14. The molecule has 0 unspecified atom stereocenters. The molecule has 2 aliphatic rings. The lowest BCUT2D eigenvalue weighted by Crippen LogP contribution is -2.43. The number of carbonyl (C=O) groups is 2. The minimum absolute atomic E-state index is 0.0843. The number of aliphatic hydroxyl groups is 1. The molecule has 1 atom stereocenters. The zero-order valence-corrected chi connectivity index (χ0v) is 19.0. The summed E-state index contributed by atoms with van der Waals surface area (Å²) in [5.74, 6) is -1.41. The highest BCUT2D eigenvalue weighted by Crippen LogP contribution is 2.40. The van der Waals surface area contributed by atoms with E-state index in [0.29, 0.717) is 47.5 Å². The smallest absolute Gasteiger partial charge is 0.290 e. The molecule has 3 heterocycles. The number of carbonyl (C=O) groups excluding carboxylic acids is 2. The van der Waals surface area contributed by atoms with Crippen LogP contribution in [0.15, 0.2) is 35.6 Å². The lowest BCUT2D eigenvalue weighted by Gasteiger charge is -2.31. The lowest BCUT2D eigenvalue weighted by atomic mass is 9.95. The van der Waals surface area contributed by atoms with Crippen LogP contribution in [0.25, 0.3) is 0 Å². The molecule has 4 rings (SSSR count). The van der Waals surface area contributed by atoms with E-state index in [1.54, 1.807) is 30.0 Å². The Morgan fingerprint density at radius 1 is 1.29 bits per heavy atom. The monoisotopic (exact) mass is 461 g/mol. The van der Waals surface area contributed by atoms with Crippen molar-refractivity contribution in [2.24, 2.45) is 0 Å². The number of rotatable bonds is 6. The van der Waals surface area contributed by atoms with Gasteiger partial charge in [-0.1, -0.05) is 23.7 Å². The summed E-state index contributed by atoms with van der Waals surface area (Å²) in [6, 6.07) is 6.37. The second-order valence-corrected chi connectivity index (χ2v) is 9.29. The van der Waals surface area contributed by atoms with E-state index in [4.69, 9.17) is 16.3 Å². The maximum absolute atomic E-state index is 13.5. The predicted molar refractivity (Wildman–Crippen MR) is 119 cm³/mol. The number of thiazole rings is 1. The van der Waals surface area contributed by atoms with Crippen LogP contribution in [-0.4, -0.2) is 71.0 Å². The van der Waals surface area contributed by atoms with Gasteiger partial charge in [-0.2, -0.15) is 0 Å². The molecule has 1 fully saturated rings. The van der Waals surface area contributed by atoms with Gasteiger partial charge in [0.1, 0.15) is 0 Å². The maximum Gasteiger partial charge on any atom is 0.290 e. The summed E-state index contributed by atoms with van der Waals surface area (Å²) in [7, 11) is 0. The van der Waals surface area contributed by atoms with Crippen LogP contribution in [0.4, 0.5) is 0 Å². The van der Waals surface area contributed by atoms with Crippen LogP contribution in [0.3, 0.4) is 0 Å². The van der Waals surface area contributed by atoms with Crippen molar-refractivity contribution in [2.45, 2.75) is 19.9 Å². The molecule has 1 aromatic heterocycles. The van der Waals surface area contributed by atoms with E-state index >= 15 is 0 Å². The Morgan fingerprint density at radius 3 is 2.68 bits per heavy atom. The third-order valence-electron chi connectivity index (χ3n) is 5.58. The first-order chi connectivity index (χ1) is 14.9. The van der Waals surface area contributed by atoms with Crippen LogP contribution >= 0.6 is 22.9 Å². The molecule has 1 saturated heterocycles. The van der Waals surface area contributed by atoms with E-state index in [1.165, 1.54) is 11.3 Å². The van der Waals surface area contributed by atoms with Gasteiger partial charge in [0, 0.05) is 31.2 Å². The summed E-state index contributed by atoms with van der Waals surface area (Å²) >= 11 is 7.48. The fraction of sp³-hybridized carbons (Fsp3) is 0.409. The van der Waals surface area contributed by atoms with Gasteiger partial charge in [0.05, 0.1) is 40.4 Å². The Morgan fingerprint density at radius 2 is 2.03 bits per heavy atom. The van der Waals surface area contributed by atoms with Gasteiger partial charge >= 0.3 is 0 Å². The average molecular weight is 462 g/mol. The number of morpholine rings is 1. The molecule has 2 aromatic rings. The molecule has 2 aliphatic heterocycles. The third-order valence-corrected chi connectivity index (χ3v) is 6.89. The number of aryl methyl sites for hydroxylation is 2. The lowest BCUT2D eigenvalue weighted by molar-refractivity contribution is -0.129. The molecule has 7 nitrogen and oxygen atoms in total. The minimum atomic E-state index is -0.707. The van der Waals surface area contributed by atoms with Gasteiger partial charge in [-0.25, -0.2) is 4.98 Å².